The van der Waals surface area contributed by atoms with Gasteiger partial charge in [0.1, 0.15) is 0 Å². The molecular weight excluding hydrogens is 194 g/mol. The second kappa shape index (κ2) is 5.47. The van der Waals surface area contributed by atoms with Gasteiger partial charge in [-0.25, -0.2) is 0 Å². The molecule has 1 rings (SSSR count). The summed E-state index contributed by atoms with van der Waals surface area (Å²) in [5.41, 5.74) is 0.0656. The van der Waals surface area contributed by atoms with E-state index in [1.807, 2.05) is 0 Å². The predicted octanol–water partition coefficient (Wildman–Crippen LogP) is 1.10. The molecule has 0 radical (unpaired) electrons. The van der Waals surface area contributed by atoms with Gasteiger partial charge in [0.25, 0.3) is 0 Å². The minimum absolute atomic E-state index is 0.0656. The number of ether oxygens (including phenoxy) is 2. The standard InChI is InChI=1S/C11H21NO3/c1-9-11(2,6-8-15-9)12-7-4-5-10(13)14-3/h9,12H,4-8H2,1-3H3/t9-,11+/m1/s1. The number of esters is 1. The minimum Gasteiger partial charge on any atom is -0.469 e. The van der Waals surface area contributed by atoms with Gasteiger partial charge in [0.2, 0.25) is 0 Å². The molecule has 88 valence electrons. The summed E-state index contributed by atoms with van der Waals surface area (Å²) >= 11 is 0. The third kappa shape index (κ3) is 3.47. The average Bonchev–Trinajstić information content (AvgIpc) is 2.54. The van der Waals surface area contributed by atoms with Gasteiger partial charge >= 0.3 is 5.97 Å². The maximum atomic E-state index is 10.9. The highest BCUT2D eigenvalue weighted by Crippen LogP contribution is 2.24. The molecule has 0 aliphatic carbocycles. The van der Waals surface area contributed by atoms with Crippen LogP contribution in [0.2, 0.25) is 0 Å². The monoisotopic (exact) mass is 215 g/mol. The molecule has 1 heterocycles. The number of rotatable bonds is 5. The molecule has 1 N–H and O–H groups in total. The van der Waals surface area contributed by atoms with E-state index in [1.54, 1.807) is 0 Å². The van der Waals surface area contributed by atoms with Crippen LogP contribution < -0.4 is 5.32 Å². The Morgan fingerprint density at radius 3 is 2.93 bits per heavy atom. The first kappa shape index (κ1) is 12.5. The van der Waals surface area contributed by atoms with E-state index < -0.39 is 0 Å². The van der Waals surface area contributed by atoms with E-state index in [1.165, 1.54) is 7.11 Å². The predicted molar refractivity (Wildman–Crippen MR) is 57.7 cm³/mol. The summed E-state index contributed by atoms with van der Waals surface area (Å²) in [4.78, 5) is 10.9. The third-order valence-electron chi connectivity index (χ3n) is 3.20. The quantitative estimate of drug-likeness (QED) is 0.551. The van der Waals surface area contributed by atoms with Crippen LogP contribution >= 0.6 is 0 Å². The zero-order valence-electron chi connectivity index (χ0n) is 9.84. The molecule has 2 atom stereocenters. The van der Waals surface area contributed by atoms with Crippen LogP contribution in [0.25, 0.3) is 0 Å². The van der Waals surface area contributed by atoms with E-state index in [0.717, 1.165) is 26.0 Å². The summed E-state index contributed by atoms with van der Waals surface area (Å²) in [6.45, 7) is 5.91. The highest BCUT2D eigenvalue weighted by atomic mass is 16.5. The fourth-order valence-electron chi connectivity index (χ4n) is 1.78. The Labute approximate surface area is 91.3 Å². The second-order valence-electron chi connectivity index (χ2n) is 4.29. The molecule has 4 heteroatoms. The van der Waals surface area contributed by atoms with Gasteiger partial charge in [-0.3, -0.25) is 4.79 Å². The fourth-order valence-corrected chi connectivity index (χ4v) is 1.78. The summed E-state index contributed by atoms with van der Waals surface area (Å²) in [5.74, 6) is -0.141. The summed E-state index contributed by atoms with van der Waals surface area (Å²) in [7, 11) is 1.42. The molecule has 0 amide bonds. The molecule has 0 aromatic rings. The molecular formula is C11H21NO3. The number of carbonyl (C=O) groups excluding carboxylic acids is 1. The van der Waals surface area contributed by atoms with E-state index >= 15 is 0 Å². The topological polar surface area (TPSA) is 47.6 Å². The van der Waals surface area contributed by atoms with Gasteiger partial charge in [0.15, 0.2) is 0 Å². The van der Waals surface area contributed by atoms with E-state index in [2.05, 4.69) is 23.9 Å². The smallest absolute Gasteiger partial charge is 0.305 e. The van der Waals surface area contributed by atoms with Crippen LogP contribution in [0.4, 0.5) is 0 Å². The van der Waals surface area contributed by atoms with Crippen molar-refractivity contribution in [1.82, 2.24) is 5.32 Å². The van der Waals surface area contributed by atoms with Crippen molar-refractivity contribution >= 4 is 5.97 Å². The lowest BCUT2D eigenvalue weighted by Gasteiger charge is -2.29. The van der Waals surface area contributed by atoms with Gasteiger partial charge in [-0.2, -0.15) is 0 Å². The summed E-state index contributed by atoms with van der Waals surface area (Å²) in [6, 6.07) is 0. The van der Waals surface area contributed by atoms with Crippen molar-refractivity contribution < 1.29 is 14.3 Å². The highest BCUT2D eigenvalue weighted by Gasteiger charge is 2.35. The first-order valence-electron chi connectivity index (χ1n) is 5.52. The molecule has 1 fully saturated rings. The number of hydrogen-bond acceptors (Lipinski definition) is 4. The van der Waals surface area contributed by atoms with Gasteiger partial charge in [0.05, 0.1) is 13.2 Å². The Balaban J connectivity index is 2.17. The van der Waals surface area contributed by atoms with Crippen molar-refractivity contribution in [2.75, 3.05) is 20.3 Å². The van der Waals surface area contributed by atoms with Crippen LogP contribution in [0, 0.1) is 0 Å². The maximum absolute atomic E-state index is 10.9. The van der Waals surface area contributed by atoms with Gasteiger partial charge in [-0.05, 0) is 33.2 Å². The zero-order valence-corrected chi connectivity index (χ0v) is 9.84. The Kier molecular flexibility index (Phi) is 4.54. The van der Waals surface area contributed by atoms with Crippen molar-refractivity contribution in [3.05, 3.63) is 0 Å². The summed E-state index contributed by atoms with van der Waals surface area (Å²) < 4.78 is 10.1. The molecule has 0 spiro atoms. The summed E-state index contributed by atoms with van der Waals surface area (Å²) in [6.07, 6.45) is 2.58. The molecule has 0 unspecified atom stereocenters. The second-order valence-corrected chi connectivity index (χ2v) is 4.29. The van der Waals surface area contributed by atoms with Crippen molar-refractivity contribution in [2.45, 2.75) is 44.8 Å². The van der Waals surface area contributed by atoms with Crippen molar-refractivity contribution in [3.63, 3.8) is 0 Å². The lowest BCUT2D eigenvalue weighted by atomic mass is 9.94. The molecule has 0 aromatic carbocycles. The Morgan fingerprint density at radius 1 is 1.67 bits per heavy atom. The van der Waals surface area contributed by atoms with E-state index in [-0.39, 0.29) is 17.6 Å². The van der Waals surface area contributed by atoms with Crippen LogP contribution in [0.15, 0.2) is 0 Å². The summed E-state index contributed by atoms with van der Waals surface area (Å²) in [5, 5.41) is 3.45. The molecule has 0 saturated carbocycles. The maximum Gasteiger partial charge on any atom is 0.305 e. The van der Waals surface area contributed by atoms with Crippen molar-refractivity contribution in [2.24, 2.45) is 0 Å². The van der Waals surface area contributed by atoms with Crippen LogP contribution in [0.3, 0.4) is 0 Å². The average molecular weight is 215 g/mol. The highest BCUT2D eigenvalue weighted by molar-refractivity contribution is 5.69. The minimum atomic E-state index is -0.141. The molecule has 15 heavy (non-hydrogen) atoms. The van der Waals surface area contributed by atoms with Crippen molar-refractivity contribution in [1.29, 1.82) is 0 Å². The molecule has 1 saturated heterocycles. The number of hydrogen-bond donors (Lipinski definition) is 1. The lowest BCUT2D eigenvalue weighted by molar-refractivity contribution is -0.140. The van der Waals surface area contributed by atoms with Crippen LogP contribution in [0.5, 0.6) is 0 Å². The van der Waals surface area contributed by atoms with E-state index in [9.17, 15) is 4.79 Å². The number of nitrogens with one attached hydrogen (secondary N) is 1. The van der Waals surface area contributed by atoms with Gasteiger partial charge in [-0.1, -0.05) is 0 Å². The molecule has 4 nitrogen and oxygen atoms in total. The third-order valence-corrected chi connectivity index (χ3v) is 3.20. The van der Waals surface area contributed by atoms with Gasteiger partial charge < -0.3 is 14.8 Å². The Bertz CT molecular complexity index is 220. The number of carbonyl (C=O) groups is 1. The molecule has 1 aliphatic heterocycles. The van der Waals surface area contributed by atoms with Crippen LogP contribution in [-0.2, 0) is 14.3 Å². The first-order chi connectivity index (χ1) is 7.08. The van der Waals surface area contributed by atoms with Gasteiger partial charge in [0, 0.05) is 18.6 Å². The fraction of sp³-hybridized carbons (Fsp3) is 0.909. The van der Waals surface area contributed by atoms with E-state index in [0.29, 0.717) is 6.42 Å². The molecule has 1 aliphatic rings. The molecule has 0 bridgehead atoms. The first-order valence-corrected chi connectivity index (χ1v) is 5.52. The number of methoxy groups -OCH3 is 1. The van der Waals surface area contributed by atoms with Gasteiger partial charge in [-0.15, -0.1) is 0 Å². The van der Waals surface area contributed by atoms with E-state index in [4.69, 9.17) is 4.74 Å². The Morgan fingerprint density at radius 2 is 2.40 bits per heavy atom. The zero-order chi connectivity index (χ0) is 11.3. The normalized spacial score (nSPS) is 30.5. The lowest BCUT2D eigenvalue weighted by Crippen LogP contribution is -2.48. The van der Waals surface area contributed by atoms with Crippen molar-refractivity contribution in [3.8, 4) is 0 Å². The Hall–Kier alpha value is -0.610. The van der Waals surface area contributed by atoms with Crippen LogP contribution in [-0.4, -0.2) is 37.9 Å². The molecule has 0 aromatic heterocycles. The van der Waals surface area contributed by atoms with Crippen LogP contribution in [0.1, 0.15) is 33.1 Å². The SMILES string of the molecule is COC(=O)CCCN[C@@]1(C)CCO[C@@H]1C. The largest absolute Gasteiger partial charge is 0.469 e.